The third-order valence-electron chi connectivity index (χ3n) is 6.32. The first-order chi connectivity index (χ1) is 16.2. The lowest BCUT2D eigenvalue weighted by Crippen LogP contribution is -2.30. The zero-order valence-corrected chi connectivity index (χ0v) is 20.4. The third kappa shape index (κ3) is 4.09. The van der Waals surface area contributed by atoms with E-state index in [-0.39, 0.29) is 17.4 Å². The van der Waals surface area contributed by atoms with Gasteiger partial charge in [0.2, 0.25) is 0 Å². The molecule has 0 aliphatic carbocycles. The molecule has 0 saturated carbocycles. The number of aliphatic hydroxyl groups excluding tert-OH is 1. The Morgan fingerprint density at radius 1 is 1.15 bits per heavy atom. The summed E-state index contributed by atoms with van der Waals surface area (Å²) in [4.78, 5) is 31.4. The fourth-order valence-corrected chi connectivity index (χ4v) is 4.73. The number of benzene rings is 2. The number of aromatic nitrogens is 1. The first-order valence-electron chi connectivity index (χ1n) is 11.9. The average molecular weight is 461 g/mol. The number of likely N-dealkylation sites (tertiary alicyclic amines) is 1. The van der Waals surface area contributed by atoms with Crippen LogP contribution in [0.4, 0.5) is 0 Å². The summed E-state index contributed by atoms with van der Waals surface area (Å²) in [6.45, 7) is 10.2. The van der Waals surface area contributed by atoms with Crippen molar-refractivity contribution in [2.75, 3.05) is 6.54 Å². The molecule has 0 bridgehead atoms. The quantitative estimate of drug-likeness (QED) is 0.265. The largest absolute Gasteiger partial charge is 0.507 e. The topological polar surface area (TPSA) is 82.6 Å². The lowest BCUT2D eigenvalue weighted by atomic mass is 9.93. The van der Waals surface area contributed by atoms with Gasteiger partial charge in [0.15, 0.2) is 0 Å². The molecule has 6 nitrogen and oxygen atoms in total. The van der Waals surface area contributed by atoms with Crippen LogP contribution in [-0.4, -0.2) is 39.3 Å². The van der Waals surface area contributed by atoms with Gasteiger partial charge in [-0.3, -0.25) is 9.59 Å². The second-order valence-electron chi connectivity index (χ2n) is 9.20. The van der Waals surface area contributed by atoms with Crippen LogP contribution in [0.3, 0.4) is 0 Å². The number of aliphatic hydroxyl groups is 1. The van der Waals surface area contributed by atoms with Gasteiger partial charge in [0.05, 0.1) is 17.7 Å². The number of H-pyrrole nitrogens is 1. The maximum absolute atomic E-state index is 13.3. The van der Waals surface area contributed by atoms with E-state index in [4.69, 9.17) is 4.74 Å². The molecule has 178 valence electrons. The van der Waals surface area contributed by atoms with E-state index in [0.29, 0.717) is 12.1 Å². The Morgan fingerprint density at radius 3 is 2.56 bits per heavy atom. The van der Waals surface area contributed by atoms with Gasteiger partial charge < -0.3 is 19.7 Å². The van der Waals surface area contributed by atoms with Crippen LogP contribution in [0.5, 0.6) is 5.75 Å². The number of ether oxygens (including phenoxy) is 1. The van der Waals surface area contributed by atoms with Gasteiger partial charge in [-0.25, -0.2) is 0 Å². The number of carbonyl (C=O) groups is 2. The molecular weight excluding hydrogens is 428 g/mol. The average Bonchev–Trinajstić information content (AvgIpc) is 3.25. The molecule has 1 fully saturated rings. The highest BCUT2D eigenvalue weighted by molar-refractivity contribution is 6.46. The minimum atomic E-state index is -0.658. The van der Waals surface area contributed by atoms with Crippen molar-refractivity contribution in [1.82, 2.24) is 9.88 Å². The van der Waals surface area contributed by atoms with E-state index in [0.717, 1.165) is 46.3 Å². The summed E-state index contributed by atoms with van der Waals surface area (Å²) >= 11 is 0. The number of fused-ring (bicyclic) bond motifs is 1. The van der Waals surface area contributed by atoms with Crippen molar-refractivity contribution in [1.29, 1.82) is 0 Å². The van der Waals surface area contributed by atoms with Crippen LogP contribution in [0, 0.1) is 13.8 Å². The Kier molecular flexibility index (Phi) is 6.51. The maximum atomic E-state index is 13.3. The van der Waals surface area contributed by atoms with Crippen molar-refractivity contribution in [3.05, 3.63) is 70.4 Å². The number of amides is 1. The summed E-state index contributed by atoms with van der Waals surface area (Å²) in [6, 6.07) is 12.5. The molecule has 2 N–H and O–H groups in total. The highest BCUT2D eigenvalue weighted by Gasteiger charge is 2.47. The molecule has 0 radical (unpaired) electrons. The van der Waals surface area contributed by atoms with Crippen molar-refractivity contribution >= 4 is 28.4 Å². The SMILES string of the molecule is CCCCN1C(=O)C(=O)/C(=C(/O)c2ccc(OC(C)C)c(C)c2)C1c1c(C)[nH]c2ccccc12. The number of hydrogen-bond acceptors (Lipinski definition) is 4. The van der Waals surface area contributed by atoms with E-state index < -0.39 is 17.7 Å². The molecule has 2 heterocycles. The molecule has 4 rings (SSSR count). The van der Waals surface area contributed by atoms with E-state index >= 15 is 0 Å². The van der Waals surface area contributed by atoms with Gasteiger partial charge >= 0.3 is 0 Å². The van der Waals surface area contributed by atoms with Gasteiger partial charge in [-0.15, -0.1) is 0 Å². The number of Topliss-reactive ketones (excluding diaryl/α,β-unsaturated/α-hetero) is 1. The first-order valence-corrected chi connectivity index (χ1v) is 11.9. The monoisotopic (exact) mass is 460 g/mol. The molecule has 1 unspecified atom stereocenters. The lowest BCUT2D eigenvalue weighted by Gasteiger charge is -2.25. The van der Waals surface area contributed by atoms with Crippen molar-refractivity contribution < 1.29 is 19.4 Å². The van der Waals surface area contributed by atoms with Crippen LogP contribution in [-0.2, 0) is 9.59 Å². The number of ketones is 1. The molecule has 3 aromatic rings. The van der Waals surface area contributed by atoms with Crippen molar-refractivity contribution in [2.45, 2.75) is 59.6 Å². The zero-order chi connectivity index (χ0) is 24.6. The van der Waals surface area contributed by atoms with Crippen LogP contribution in [0.15, 0.2) is 48.0 Å². The Balaban J connectivity index is 1.91. The fraction of sp³-hybridized carbons (Fsp3) is 0.357. The predicted molar refractivity (Wildman–Crippen MR) is 134 cm³/mol. The lowest BCUT2D eigenvalue weighted by molar-refractivity contribution is -0.139. The smallest absolute Gasteiger partial charge is 0.295 e. The first kappa shape index (κ1) is 23.6. The Labute approximate surface area is 200 Å². The number of carbonyl (C=O) groups excluding carboxylic acids is 2. The van der Waals surface area contributed by atoms with Crippen LogP contribution in [0.1, 0.15) is 62.0 Å². The zero-order valence-electron chi connectivity index (χ0n) is 20.4. The van der Waals surface area contributed by atoms with Gasteiger partial charge in [-0.05, 0) is 63.9 Å². The molecule has 1 amide bonds. The Morgan fingerprint density at radius 2 is 1.88 bits per heavy atom. The molecule has 6 heteroatoms. The molecule has 1 atom stereocenters. The van der Waals surface area contributed by atoms with Crippen LogP contribution in [0.2, 0.25) is 0 Å². The van der Waals surface area contributed by atoms with Gasteiger partial charge in [0.1, 0.15) is 11.5 Å². The Bertz CT molecular complexity index is 1280. The number of aromatic amines is 1. The molecule has 0 spiro atoms. The summed E-state index contributed by atoms with van der Waals surface area (Å²) in [5, 5.41) is 12.4. The molecule has 1 saturated heterocycles. The third-order valence-corrected chi connectivity index (χ3v) is 6.32. The minimum Gasteiger partial charge on any atom is -0.507 e. The summed E-state index contributed by atoms with van der Waals surface area (Å²) in [6.07, 6.45) is 1.68. The molecule has 2 aromatic carbocycles. The molecule has 34 heavy (non-hydrogen) atoms. The highest BCUT2D eigenvalue weighted by Crippen LogP contribution is 2.43. The van der Waals surface area contributed by atoms with Crippen molar-refractivity contribution in [3.63, 3.8) is 0 Å². The van der Waals surface area contributed by atoms with Gasteiger partial charge in [-0.2, -0.15) is 0 Å². The summed E-state index contributed by atoms with van der Waals surface area (Å²) in [5.74, 6) is -0.658. The molecule has 1 aliphatic rings. The number of para-hydroxylation sites is 1. The van der Waals surface area contributed by atoms with E-state index in [1.165, 1.54) is 0 Å². The van der Waals surface area contributed by atoms with Crippen LogP contribution >= 0.6 is 0 Å². The van der Waals surface area contributed by atoms with E-state index in [1.807, 2.05) is 58.9 Å². The highest BCUT2D eigenvalue weighted by atomic mass is 16.5. The van der Waals surface area contributed by atoms with Crippen LogP contribution in [0.25, 0.3) is 16.7 Å². The Hall–Kier alpha value is -3.54. The van der Waals surface area contributed by atoms with Crippen molar-refractivity contribution in [2.24, 2.45) is 0 Å². The second kappa shape index (κ2) is 9.37. The number of nitrogens with one attached hydrogen (secondary N) is 1. The van der Waals surface area contributed by atoms with E-state index in [1.54, 1.807) is 23.1 Å². The van der Waals surface area contributed by atoms with Crippen molar-refractivity contribution in [3.8, 4) is 5.75 Å². The van der Waals surface area contributed by atoms with Gasteiger partial charge in [0, 0.05) is 34.3 Å². The molecule has 1 aliphatic heterocycles. The number of hydrogen-bond donors (Lipinski definition) is 2. The number of unbranched alkanes of at least 4 members (excludes halogenated alkanes) is 1. The van der Waals surface area contributed by atoms with E-state index in [9.17, 15) is 14.7 Å². The number of rotatable bonds is 7. The summed E-state index contributed by atoms with van der Waals surface area (Å²) < 4.78 is 5.82. The van der Waals surface area contributed by atoms with Gasteiger partial charge in [0.25, 0.3) is 11.7 Å². The predicted octanol–water partition coefficient (Wildman–Crippen LogP) is 5.79. The molecule has 1 aromatic heterocycles. The van der Waals surface area contributed by atoms with E-state index in [2.05, 4.69) is 4.98 Å². The number of nitrogens with zero attached hydrogens (tertiary/aromatic N) is 1. The fourth-order valence-electron chi connectivity index (χ4n) is 4.73. The maximum Gasteiger partial charge on any atom is 0.295 e. The van der Waals surface area contributed by atoms with Gasteiger partial charge in [-0.1, -0.05) is 31.5 Å². The second-order valence-corrected chi connectivity index (χ2v) is 9.20. The summed E-state index contributed by atoms with van der Waals surface area (Å²) in [7, 11) is 0. The minimum absolute atomic E-state index is 0.0203. The standard InChI is InChI=1S/C28H32N2O4/c1-6-7-14-30-25(23-18(5)29-21-11-9-8-10-20(21)23)24(27(32)28(30)33)26(31)19-12-13-22(17(4)15-19)34-16(2)3/h8-13,15-16,25,29,31H,6-7,14H2,1-5H3/b26-24+. The molecular formula is C28H32N2O4. The summed E-state index contributed by atoms with van der Waals surface area (Å²) in [5.41, 5.74) is 4.12. The number of aryl methyl sites for hydroxylation is 2. The normalized spacial score (nSPS) is 17.8. The van der Waals surface area contributed by atoms with Crippen LogP contribution < -0.4 is 4.74 Å².